The molecule has 1 aromatic rings. The number of hydrogen-bond acceptors (Lipinski definition) is 4. The summed E-state index contributed by atoms with van der Waals surface area (Å²) in [6.07, 6.45) is 1.34. The van der Waals surface area contributed by atoms with Gasteiger partial charge in [-0.15, -0.1) is 0 Å². The minimum absolute atomic E-state index is 0.109. The van der Waals surface area contributed by atoms with Gasteiger partial charge < -0.3 is 14.5 Å². The van der Waals surface area contributed by atoms with Crippen molar-refractivity contribution in [3.63, 3.8) is 0 Å². The highest BCUT2D eigenvalue weighted by atomic mass is 79.9. The summed E-state index contributed by atoms with van der Waals surface area (Å²) in [5.74, 6) is -0.127. The number of nitrogens with zero attached hydrogens (tertiary/aromatic N) is 3. The van der Waals surface area contributed by atoms with E-state index in [4.69, 9.17) is 4.74 Å². The molecule has 132 valence electrons. The van der Waals surface area contributed by atoms with Crippen LogP contribution in [0.1, 0.15) is 43.7 Å². The van der Waals surface area contributed by atoms with Gasteiger partial charge in [0.2, 0.25) is 0 Å². The number of hydrogen-bond donors (Lipinski definition) is 0. The van der Waals surface area contributed by atoms with E-state index in [0.717, 1.165) is 5.56 Å². The van der Waals surface area contributed by atoms with Crippen LogP contribution in [0.15, 0.2) is 16.7 Å². The molecule has 0 aromatic carbocycles. The Labute approximate surface area is 151 Å². The Hall–Kier alpha value is -1.63. The zero-order valence-electron chi connectivity index (χ0n) is 14.8. The van der Waals surface area contributed by atoms with E-state index in [1.807, 2.05) is 40.7 Å². The molecule has 7 heteroatoms. The number of aryl methyl sites for hydroxylation is 1. The van der Waals surface area contributed by atoms with Gasteiger partial charge in [-0.05, 0) is 62.2 Å². The van der Waals surface area contributed by atoms with Gasteiger partial charge in [0.25, 0.3) is 5.91 Å². The molecule has 2 amide bonds. The van der Waals surface area contributed by atoms with Crippen molar-refractivity contribution in [3.05, 3.63) is 28.0 Å². The van der Waals surface area contributed by atoms with Crippen LogP contribution >= 0.6 is 15.9 Å². The predicted molar refractivity (Wildman–Crippen MR) is 95.0 cm³/mol. The molecule has 0 saturated carbocycles. The number of halogens is 1. The standard InChI is InChI=1S/C17H24BrN3O3/c1-11-8-13(18)14(19-9-11)15(22)20-6-7-21(12(2)10-20)16(23)24-17(3,4)5/h8-9,12H,6-7,10H2,1-5H3/t12-/m0/s1. The summed E-state index contributed by atoms with van der Waals surface area (Å²) in [5, 5.41) is 0. The first kappa shape index (κ1) is 18.7. The molecule has 2 rings (SSSR count). The Morgan fingerprint density at radius 2 is 2.00 bits per heavy atom. The van der Waals surface area contributed by atoms with Crippen LogP contribution in [0.25, 0.3) is 0 Å². The number of carbonyl (C=O) groups excluding carboxylic acids is 2. The summed E-state index contributed by atoms with van der Waals surface area (Å²) in [5.41, 5.74) is 0.862. The van der Waals surface area contributed by atoms with Crippen LogP contribution in [0, 0.1) is 6.92 Å². The van der Waals surface area contributed by atoms with Gasteiger partial charge in [-0.3, -0.25) is 4.79 Å². The van der Waals surface area contributed by atoms with Crippen molar-refractivity contribution >= 4 is 27.9 Å². The fourth-order valence-electron chi connectivity index (χ4n) is 2.57. The molecule has 1 atom stereocenters. The molecule has 1 fully saturated rings. The second kappa shape index (κ2) is 7.09. The largest absolute Gasteiger partial charge is 0.444 e. The normalized spacial score (nSPS) is 18.5. The molecule has 0 aliphatic carbocycles. The van der Waals surface area contributed by atoms with Crippen LogP contribution in [0.4, 0.5) is 4.79 Å². The SMILES string of the molecule is Cc1cnc(C(=O)N2CCN(C(=O)OC(C)(C)C)[C@@H](C)C2)c(Br)c1. The van der Waals surface area contributed by atoms with E-state index >= 15 is 0 Å². The Morgan fingerprint density at radius 3 is 2.54 bits per heavy atom. The maximum Gasteiger partial charge on any atom is 0.410 e. The van der Waals surface area contributed by atoms with Gasteiger partial charge in [-0.25, -0.2) is 9.78 Å². The highest BCUT2D eigenvalue weighted by molar-refractivity contribution is 9.10. The Balaban J connectivity index is 2.05. The predicted octanol–water partition coefficient (Wildman–Crippen LogP) is 3.23. The molecule has 1 aliphatic heterocycles. The molecular weight excluding hydrogens is 374 g/mol. The summed E-state index contributed by atoms with van der Waals surface area (Å²) in [6.45, 7) is 10.7. The lowest BCUT2D eigenvalue weighted by Gasteiger charge is -2.40. The third-order valence-electron chi connectivity index (χ3n) is 3.72. The van der Waals surface area contributed by atoms with Gasteiger partial charge in [0, 0.05) is 36.3 Å². The molecule has 0 spiro atoms. The number of aromatic nitrogens is 1. The van der Waals surface area contributed by atoms with E-state index in [9.17, 15) is 9.59 Å². The van der Waals surface area contributed by atoms with Crippen LogP contribution in [0.3, 0.4) is 0 Å². The minimum Gasteiger partial charge on any atom is -0.444 e. The van der Waals surface area contributed by atoms with E-state index in [-0.39, 0.29) is 18.0 Å². The quantitative estimate of drug-likeness (QED) is 0.729. The lowest BCUT2D eigenvalue weighted by Crippen LogP contribution is -2.56. The van der Waals surface area contributed by atoms with Gasteiger partial charge in [-0.1, -0.05) is 0 Å². The van der Waals surface area contributed by atoms with Gasteiger partial charge in [0.05, 0.1) is 0 Å². The molecule has 6 nitrogen and oxygen atoms in total. The summed E-state index contributed by atoms with van der Waals surface area (Å²) in [7, 11) is 0. The van der Waals surface area contributed by atoms with E-state index in [1.165, 1.54) is 0 Å². The average molecular weight is 398 g/mol. The lowest BCUT2D eigenvalue weighted by molar-refractivity contribution is 0.00188. The van der Waals surface area contributed by atoms with Crippen LogP contribution in [0.5, 0.6) is 0 Å². The van der Waals surface area contributed by atoms with Crippen molar-refractivity contribution in [2.24, 2.45) is 0 Å². The second-order valence-electron chi connectivity index (χ2n) is 7.12. The summed E-state index contributed by atoms with van der Waals surface area (Å²) in [4.78, 5) is 32.6. The monoisotopic (exact) mass is 397 g/mol. The molecular formula is C17H24BrN3O3. The summed E-state index contributed by atoms with van der Waals surface area (Å²) < 4.78 is 6.11. The molecule has 2 heterocycles. The fourth-order valence-corrected chi connectivity index (χ4v) is 3.21. The Morgan fingerprint density at radius 1 is 1.33 bits per heavy atom. The molecule has 0 unspecified atom stereocenters. The first-order valence-electron chi connectivity index (χ1n) is 7.99. The van der Waals surface area contributed by atoms with Crippen molar-refractivity contribution in [1.82, 2.24) is 14.8 Å². The maximum absolute atomic E-state index is 12.7. The second-order valence-corrected chi connectivity index (χ2v) is 7.97. The maximum atomic E-state index is 12.7. The van der Waals surface area contributed by atoms with Crippen molar-refractivity contribution in [2.75, 3.05) is 19.6 Å². The average Bonchev–Trinajstić information content (AvgIpc) is 2.44. The third kappa shape index (κ3) is 4.47. The lowest BCUT2D eigenvalue weighted by atomic mass is 10.1. The molecule has 0 bridgehead atoms. The van der Waals surface area contributed by atoms with Crippen LogP contribution in [-0.2, 0) is 4.74 Å². The highest BCUT2D eigenvalue weighted by Gasteiger charge is 2.33. The molecule has 1 aromatic heterocycles. The van der Waals surface area contributed by atoms with E-state index in [0.29, 0.717) is 29.8 Å². The van der Waals surface area contributed by atoms with Crippen molar-refractivity contribution in [1.29, 1.82) is 0 Å². The molecule has 0 radical (unpaired) electrons. The molecule has 24 heavy (non-hydrogen) atoms. The van der Waals surface area contributed by atoms with Crippen molar-refractivity contribution in [3.8, 4) is 0 Å². The Kier molecular flexibility index (Phi) is 5.52. The third-order valence-corrected chi connectivity index (χ3v) is 4.33. The zero-order valence-corrected chi connectivity index (χ0v) is 16.4. The zero-order chi connectivity index (χ0) is 18.1. The molecule has 1 aliphatic rings. The van der Waals surface area contributed by atoms with Crippen molar-refractivity contribution in [2.45, 2.75) is 46.3 Å². The van der Waals surface area contributed by atoms with Crippen LogP contribution < -0.4 is 0 Å². The number of rotatable bonds is 1. The number of ether oxygens (including phenoxy) is 1. The number of pyridine rings is 1. The van der Waals surface area contributed by atoms with E-state index in [2.05, 4.69) is 20.9 Å². The van der Waals surface area contributed by atoms with Gasteiger partial charge >= 0.3 is 6.09 Å². The summed E-state index contributed by atoms with van der Waals surface area (Å²) in [6, 6.07) is 1.77. The topological polar surface area (TPSA) is 62.7 Å². The number of carbonyl (C=O) groups is 2. The molecule has 1 saturated heterocycles. The van der Waals surface area contributed by atoms with Gasteiger partial charge in [-0.2, -0.15) is 0 Å². The number of amides is 2. The van der Waals surface area contributed by atoms with E-state index in [1.54, 1.807) is 16.0 Å². The first-order valence-corrected chi connectivity index (χ1v) is 8.79. The van der Waals surface area contributed by atoms with Crippen molar-refractivity contribution < 1.29 is 14.3 Å². The van der Waals surface area contributed by atoms with Crippen LogP contribution in [0.2, 0.25) is 0 Å². The van der Waals surface area contributed by atoms with Crippen LogP contribution in [-0.4, -0.2) is 58.1 Å². The minimum atomic E-state index is -0.527. The first-order chi connectivity index (χ1) is 11.1. The fraction of sp³-hybridized carbons (Fsp3) is 0.588. The smallest absolute Gasteiger partial charge is 0.410 e. The highest BCUT2D eigenvalue weighted by Crippen LogP contribution is 2.21. The number of piperazine rings is 1. The van der Waals surface area contributed by atoms with Gasteiger partial charge in [0.1, 0.15) is 11.3 Å². The Bertz CT molecular complexity index is 642. The molecule has 0 N–H and O–H groups in total. The van der Waals surface area contributed by atoms with Gasteiger partial charge in [0.15, 0.2) is 0 Å². The van der Waals surface area contributed by atoms with E-state index < -0.39 is 5.60 Å². The summed E-state index contributed by atoms with van der Waals surface area (Å²) >= 11 is 3.40.